The van der Waals surface area contributed by atoms with Crippen molar-refractivity contribution in [2.75, 3.05) is 6.54 Å². The largest absolute Gasteiger partial charge is 0.444 e. The van der Waals surface area contributed by atoms with Crippen molar-refractivity contribution in [3.63, 3.8) is 0 Å². The molecule has 0 saturated carbocycles. The van der Waals surface area contributed by atoms with Crippen molar-refractivity contribution < 1.29 is 14.3 Å². The van der Waals surface area contributed by atoms with Gasteiger partial charge in [0.2, 0.25) is 0 Å². The Morgan fingerprint density at radius 1 is 1.29 bits per heavy atom. The average Bonchev–Trinajstić information content (AvgIpc) is 3.37. The van der Waals surface area contributed by atoms with E-state index in [1.807, 2.05) is 40.7 Å². The molecule has 2 amide bonds. The Bertz CT molecular complexity index is 1180. The molecule has 2 atom stereocenters. The van der Waals surface area contributed by atoms with Gasteiger partial charge in [-0.05, 0) is 65.2 Å². The lowest BCUT2D eigenvalue weighted by atomic mass is 9.93. The average molecular weight is 519 g/mol. The smallest absolute Gasteiger partial charge is 0.410 e. The molecule has 0 bridgehead atoms. The highest BCUT2D eigenvalue weighted by Crippen LogP contribution is 2.41. The number of carbonyl (C=O) groups excluding carboxylic acids is 2. The van der Waals surface area contributed by atoms with Gasteiger partial charge in [-0.1, -0.05) is 29.3 Å². The van der Waals surface area contributed by atoms with Crippen molar-refractivity contribution in [2.45, 2.75) is 78.2 Å². The van der Waals surface area contributed by atoms with Gasteiger partial charge in [-0.25, -0.2) is 4.79 Å². The minimum absolute atomic E-state index is 0.133. The highest BCUT2D eigenvalue weighted by molar-refractivity contribution is 6.36. The van der Waals surface area contributed by atoms with Gasteiger partial charge in [-0.2, -0.15) is 0 Å². The number of rotatable bonds is 4. The van der Waals surface area contributed by atoms with Crippen molar-refractivity contribution in [1.82, 2.24) is 14.8 Å². The van der Waals surface area contributed by atoms with Gasteiger partial charge >= 0.3 is 6.09 Å². The van der Waals surface area contributed by atoms with Crippen molar-refractivity contribution >= 4 is 35.2 Å². The lowest BCUT2D eigenvalue weighted by molar-refractivity contribution is 0.0132. The summed E-state index contributed by atoms with van der Waals surface area (Å²) in [5.74, 6) is -0.133. The second-order valence-electron chi connectivity index (χ2n) is 10.3. The standard InChI is InChI=1S/C26H32Cl2N4O3/c1-14-18(12-29)22(17-9-8-16(27)11-19(17)28)23-20(30-14)13-32(24(23)33)15(2)21-7-6-10-31(21)25(34)35-26(3,4)5/h8-9,11,15,21H,6-7,10,12-13,29H2,1-5H3/t15-,21-/m0/s1. The van der Waals surface area contributed by atoms with Crippen molar-refractivity contribution in [3.8, 4) is 11.1 Å². The zero-order valence-electron chi connectivity index (χ0n) is 20.8. The van der Waals surface area contributed by atoms with Gasteiger partial charge in [-0.15, -0.1) is 0 Å². The van der Waals surface area contributed by atoms with Gasteiger partial charge in [0.05, 0.1) is 29.9 Å². The quantitative estimate of drug-likeness (QED) is 0.571. The summed E-state index contributed by atoms with van der Waals surface area (Å²) in [7, 11) is 0. The maximum absolute atomic E-state index is 13.9. The Kier molecular flexibility index (Phi) is 7.06. The van der Waals surface area contributed by atoms with Gasteiger partial charge in [0.1, 0.15) is 5.60 Å². The molecule has 188 valence electrons. The molecule has 0 radical (unpaired) electrons. The maximum Gasteiger partial charge on any atom is 0.410 e. The van der Waals surface area contributed by atoms with Crippen LogP contribution in [0, 0.1) is 6.92 Å². The summed E-state index contributed by atoms with van der Waals surface area (Å²) >= 11 is 12.7. The van der Waals surface area contributed by atoms with Crippen LogP contribution in [-0.2, 0) is 17.8 Å². The fourth-order valence-electron chi connectivity index (χ4n) is 5.14. The van der Waals surface area contributed by atoms with Gasteiger partial charge in [0, 0.05) is 40.0 Å². The van der Waals surface area contributed by atoms with Crippen LogP contribution >= 0.6 is 23.2 Å². The highest BCUT2D eigenvalue weighted by Gasteiger charge is 2.43. The SMILES string of the molecule is Cc1nc2c(c(-c3ccc(Cl)cc3Cl)c1CN)C(=O)N([C@@H](C)[C@@H]1CCCN1C(=O)OC(C)(C)C)C2. The first kappa shape index (κ1) is 25.7. The molecule has 7 nitrogen and oxygen atoms in total. The lowest BCUT2D eigenvalue weighted by Crippen LogP contribution is -2.50. The van der Waals surface area contributed by atoms with E-state index in [0.717, 1.165) is 24.1 Å². The van der Waals surface area contributed by atoms with Crippen LogP contribution < -0.4 is 5.73 Å². The van der Waals surface area contributed by atoms with Crippen molar-refractivity contribution in [2.24, 2.45) is 5.73 Å². The number of nitrogens with two attached hydrogens (primary N) is 1. The topological polar surface area (TPSA) is 88.8 Å². The number of likely N-dealkylation sites (tertiary alicyclic amines) is 1. The fourth-order valence-corrected chi connectivity index (χ4v) is 5.64. The Hall–Kier alpha value is -2.35. The maximum atomic E-state index is 13.9. The van der Waals surface area contributed by atoms with Crippen LogP contribution in [0.25, 0.3) is 11.1 Å². The molecule has 1 fully saturated rings. The van der Waals surface area contributed by atoms with E-state index >= 15 is 0 Å². The van der Waals surface area contributed by atoms with E-state index < -0.39 is 5.60 Å². The second kappa shape index (κ2) is 9.60. The van der Waals surface area contributed by atoms with E-state index in [-0.39, 0.29) is 30.6 Å². The number of aromatic nitrogens is 1. The number of pyridine rings is 1. The van der Waals surface area contributed by atoms with Gasteiger partial charge in [0.25, 0.3) is 5.91 Å². The molecule has 1 aromatic carbocycles. The summed E-state index contributed by atoms with van der Waals surface area (Å²) in [4.78, 5) is 35.1. The van der Waals surface area contributed by atoms with E-state index in [0.29, 0.717) is 45.5 Å². The number of hydrogen-bond donors (Lipinski definition) is 1. The normalized spacial score (nSPS) is 18.7. The third-order valence-corrected chi connectivity index (χ3v) is 7.30. The lowest BCUT2D eigenvalue weighted by Gasteiger charge is -2.35. The molecule has 0 spiro atoms. The molecule has 2 aliphatic heterocycles. The molecule has 3 heterocycles. The van der Waals surface area contributed by atoms with Gasteiger partial charge in [0.15, 0.2) is 0 Å². The molecular formula is C26H32Cl2N4O3. The summed E-state index contributed by atoms with van der Waals surface area (Å²) in [6, 6.07) is 4.88. The Labute approximate surface area is 216 Å². The molecule has 0 aliphatic carbocycles. The van der Waals surface area contributed by atoms with Gasteiger partial charge < -0.3 is 20.3 Å². The van der Waals surface area contributed by atoms with E-state index in [1.165, 1.54) is 0 Å². The molecule has 35 heavy (non-hydrogen) atoms. The van der Waals surface area contributed by atoms with Crippen LogP contribution in [0.1, 0.15) is 67.8 Å². The second-order valence-corrected chi connectivity index (χ2v) is 11.1. The molecule has 1 saturated heterocycles. The Morgan fingerprint density at radius 2 is 2.00 bits per heavy atom. The first-order chi connectivity index (χ1) is 16.4. The monoisotopic (exact) mass is 518 g/mol. The van der Waals surface area contributed by atoms with Crippen LogP contribution in [0.3, 0.4) is 0 Å². The zero-order chi connectivity index (χ0) is 25.7. The van der Waals surface area contributed by atoms with Gasteiger partial charge in [-0.3, -0.25) is 9.78 Å². The van der Waals surface area contributed by atoms with E-state index in [1.54, 1.807) is 21.9 Å². The molecule has 0 unspecified atom stereocenters. The highest BCUT2D eigenvalue weighted by atomic mass is 35.5. The molecular weight excluding hydrogens is 487 g/mol. The minimum atomic E-state index is -0.583. The molecule has 2 N–H and O–H groups in total. The number of aryl methyl sites for hydroxylation is 1. The Balaban J connectivity index is 1.71. The third-order valence-electron chi connectivity index (χ3n) is 6.75. The summed E-state index contributed by atoms with van der Waals surface area (Å²) in [6.45, 7) is 10.6. The predicted molar refractivity (Wildman–Crippen MR) is 138 cm³/mol. The molecule has 1 aromatic heterocycles. The number of benzene rings is 1. The third kappa shape index (κ3) is 4.86. The Morgan fingerprint density at radius 3 is 2.63 bits per heavy atom. The van der Waals surface area contributed by atoms with E-state index in [9.17, 15) is 9.59 Å². The summed E-state index contributed by atoms with van der Waals surface area (Å²) < 4.78 is 5.63. The number of carbonyl (C=O) groups is 2. The number of halogens is 2. The van der Waals surface area contributed by atoms with Crippen LogP contribution in [-0.4, -0.2) is 51.0 Å². The number of fused-ring (bicyclic) bond motifs is 1. The molecule has 4 rings (SSSR count). The van der Waals surface area contributed by atoms with Crippen molar-refractivity contribution in [1.29, 1.82) is 0 Å². The summed E-state index contributed by atoms with van der Waals surface area (Å²) in [5, 5.41) is 0.965. The van der Waals surface area contributed by atoms with Crippen molar-refractivity contribution in [3.05, 3.63) is 50.8 Å². The van der Waals surface area contributed by atoms with E-state index in [4.69, 9.17) is 38.7 Å². The molecule has 9 heteroatoms. The van der Waals surface area contributed by atoms with Crippen LogP contribution in [0.2, 0.25) is 10.0 Å². The van der Waals surface area contributed by atoms with E-state index in [2.05, 4.69) is 0 Å². The number of ether oxygens (including phenoxy) is 1. The zero-order valence-corrected chi connectivity index (χ0v) is 22.3. The number of nitrogens with zero attached hydrogens (tertiary/aromatic N) is 3. The first-order valence-electron chi connectivity index (χ1n) is 11.9. The van der Waals surface area contributed by atoms with Crippen LogP contribution in [0.15, 0.2) is 18.2 Å². The summed E-state index contributed by atoms with van der Waals surface area (Å²) in [6.07, 6.45) is 1.32. The predicted octanol–water partition coefficient (Wildman–Crippen LogP) is 5.57. The molecule has 2 aromatic rings. The molecule has 2 aliphatic rings. The number of hydrogen-bond acceptors (Lipinski definition) is 5. The van der Waals surface area contributed by atoms with Crippen LogP contribution in [0.5, 0.6) is 0 Å². The number of amides is 2. The van der Waals surface area contributed by atoms with Crippen LogP contribution in [0.4, 0.5) is 4.79 Å². The minimum Gasteiger partial charge on any atom is -0.444 e. The summed E-state index contributed by atoms with van der Waals surface area (Å²) in [5.41, 5.74) is 9.72. The first-order valence-corrected chi connectivity index (χ1v) is 12.7. The fraction of sp³-hybridized carbons (Fsp3) is 0.500.